The van der Waals surface area contributed by atoms with Gasteiger partial charge < -0.3 is 10.4 Å². The fraction of sp³-hybridized carbons (Fsp3) is 0.231. The molecular weight excluding hydrogens is 233 g/mol. The van der Waals surface area contributed by atoms with E-state index in [1.54, 1.807) is 30.5 Å². The molecular formula is C13H14FN3O. The Hall–Kier alpha value is -1.85. The predicted molar refractivity (Wildman–Crippen MR) is 65.1 cm³/mol. The van der Waals surface area contributed by atoms with Crippen LogP contribution in [0.3, 0.4) is 0 Å². The van der Waals surface area contributed by atoms with E-state index in [9.17, 15) is 9.50 Å². The van der Waals surface area contributed by atoms with Gasteiger partial charge in [-0.15, -0.1) is 0 Å². The van der Waals surface area contributed by atoms with Gasteiger partial charge in [0.15, 0.2) is 0 Å². The van der Waals surface area contributed by atoms with Crippen LogP contribution in [0.25, 0.3) is 0 Å². The van der Waals surface area contributed by atoms with Crippen molar-refractivity contribution in [1.29, 1.82) is 0 Å². The number of halogens is 1. The highest BCUT2D eigenvalue weighted by atomic mass is 19.1. The van der Waals surface area contributed by atoms with Crippen LogP contribution in [0.4, 0.5) is 4.39 Å². The van der Waals surface area contributed by atoms with Gasteiger partial charge in [-0.1, -0.05) is 18.2 Å². The summed E-state index contributed by atoms with van der Waals surface area (Å²) >= 11 is 0. The van der Waals surface area contributed by atoms with Gasteiger partial charge in [-0.05, 0) is 18.2 Å². The van der Waals surface area contributed by atoms with Crippen molar-refractivity contribution in [3.05, 3.63) is 59.7 Å². The maximum Gasteiger partial charge on any atom is 0.129 e. The highest BCUT2D eigenvalue weighted by Gasteiger charge is 2.11. The molecule has 0 fully saturated rings. The first kappa shape index (κ1) is 12.6. The summed E-state index contributed by atoms with van der Waals surface area (Å²) in [5.74, 6) is -0.397. The van der Waals surface area contributed by atoms with E-state index in [0.717, 1.165) is 5.69 Å². The van der Waals surface area contributed by atoms with E-state index in [-0.39, 0.29) is 6.54 Å². The number of hydrogen-bond donors (Lipinski definition) is 2. The first-order valence-electron chi connectivity index (χ1n) is 5.67. The molecule has 1 heterocycles. The van der Waals surface area contributed by atoms with Gasteiger partial charge in [0, 0.05) is 24.8 Å². The summed E-state index contributed by atoms with van der Waals surface area (Å²) < 4.78 is 13.4. The van der Waals surface area contributed by atoms with Crippen molar-refractivity contribution in [2.75, 3.05) is 6.54 Å². The number of rotatable bonds is 5. The molecule has 5 heteroatoms. The molecule has 0 radical (unpaired) electrons. The van der Waals surface area contributed by atoms with E-state index < -0.39 is 11.9 Å². The summed E-state index contributed by atoms with van der Waals surface area (Å²) in [7, 11) is 0. The molecule has 1 atom stereocenters. The molecule has 2 aromatic rings. The van der Waals surface area contributed by atoms with Gasteiger partial charge in [-0.3, -0.25) is 0 Å². The normalized spacial score (nSPS) is 12.3. The van der Waals surface area contributed by atoms with E-state index in [1.165, 1.54) is 6.07 Å². The van der Waals surface area contributed by atoms with Crippen LogP contribution in [0.5, 0.6) is 0 Å². The summed E-state index contributed by atoms with van der Waals surface area (Å²) in [5.41, 5.74) is 1.07. The number of aromatic nitrogens is 2. The summed E-state index contributed by atoms with van der Waals surface area (Å²) in [4.78, 5) is 0. The molecule has 0 saturated carbocycles. The van der Waals surface area contributed by atoms with Crippen LogP contribution in [0.15, 0.2) is 42.6 Å². The molecule has 1 aromatic heterocycles. The number of aliphatic hydroxyl groups is 1. The molecule has 0 spiro atoms. The van der Waals surface area contributed by atoms with E-state index >= 15 is 0 Å². The Labute approximate surface area is 105 Å². The fourth-order valence-corrected chi connectivity index (χ4v) is 1.62. The van der Waals surface area contributed by atoms with Crippen LogP contribution in [0.2, 0.25) is 0 Å². The maximum atomic E-state index is 13.4. The van der Waals surface area contributed by atoms with Gasteiger partial charge in [0.1, 0.15) is 5.82 Å². The molecule has 0 aliphatic heterocycles. The lowest BCUT2D eigenvalue weighted by Crippen LogP contribution is -2.22. The number of nitrogens with zero attached hydrogens (tertiary/aromatic N) is 2. The highest BCUT2D eigenvalue weighted by Crippen LogP contribution is 2.15. The molecule has 2 N–H and O–H groups in total. The number of nitrogens with one attached hydrogen (secondary N) is 1. The second-order valence-electron chi connectivity index (χ2n) is 3.88. The molecule has 0 aliphatic rings. The molecule has 0 aliphatic carbocycles. The number of hydrogen-bond acceptors (Lipinski definition) is 4. The van der Waals surface area contributed by atoms with Crippen LogP contribution in [-0.2, 0) is 6.54 Å². The predicted octanol–water partition coefficient (Wildman–Crippen LogP) is 1.44. The van der Waals surface area contributed by atoms with Crippen molar-refractivity contribution in [2.24, 2.45) is 0 Å². The Balaban J connectivity index is 1.86. The number of benzene rings is 1. The number of aliphatic hydroxyl groups excluding tert-OH is 1. The maximum absolute atomic E-state index is 13.4. The Morgan fingerprint density at radius 2 is 2.06 bits per heavy atom. The first-order valence-corrected chi connectivity index (χ1v) is 5.67. The Morgan fingerprint density at radius 3 is 2.78 bits per heavy atom. The molecule has 0 amide bonds. The van der Waals surface area contributed by atoms with Gasteiger partial charge in [0.05, 0.1) is 11.8 Å². The lowest BCUT2D eigenvalue weighted by molar-refractivity contribution is 0.169. The monoisotopic (exact) mass is 247 g/mol. The minimum absolute atomic E-state index is 0.261. The largest absolute Gasteiger partial charge is 0.387 e. The minimum Gasteiger partial charge on any atom is -0.387 e. The van der Waals surface area contributed by atoms with Gasteiger partial charge in [0.25, 0.3) is 0 Å². The van der Waals surface area contributed by atoms with Gasteiger partial charge in [0.2, 0.25) is 0 Å². The summed E-state index contributed by atoms with van der Waals surface area (Å²) in [5, 5.41) is 20.5. The minimum atomic E-state index is -0.872. The second kappa shape index (κ2) is 6.18. The summed E-state index contributed by atoms with van der Waals surface area (Å²) in [6.45, 7) is 0.747. The molecule has 0 bridgehead atoms. The Bertz CT molecular complexity index is 493. The quantitative estimate of drug-likeness (QED) is 0.839. The van der Waals surface area contributed by atoms with E-state index in [4.69, 9.17) is 0 Å². The molecule has 18 heavy (non-hydrogen) atoms. The molecule has 2 rings (SSSR count). The molecule has 1 aromatic carbocycles. The van der Waals surface area contributed by atoms with Crippen LogP contribution in [-0.4, -0.2) is 21.8 Å². The lowest BCUT2D eigenvalue weighted by Gasteiger charge is -2.12. The van der Waals surface area contributed by atoms with E-state index in [1.807, 2.05) is 6.07 Å². The molecule has 1 unspecified atom stereocenters. The average Bonchev–Trinajstić information content (AvgIpc) is 2.40. The van der Waals surface area contributed by atoms with Crippen molar-refractivity contribution >= 4 is 0 Å². The standard InChI is InChI=1S/C13H14FN3O/c14-12-6-2-1-5-11(12)13(18)9-15-8-10-4-3-7-16-17-10/h1-7,13,15,18H,8-9H2. The van der Waals surface area contributed by atoms with E-state index in [2.05, 4.69) is 15.5 Å². The SMILES string of the molecule is OC(CNCc1cccnn1)c1ccccc1F. The third kappa shape index (κ3) is 3.32. The zero-order valence-electron chi connectivity index (χ0n) is 9.75. The van der Waals surface area contributed by atoms with Crippen molar-refractivity contribution in [1.82, 2.24) is 15.5 Å². The average molecular weight is 247 g/mol. The third-order valence-electron chi connectivity index (χ3n) is 2.54. The Kier molecular flexibility index (Phi) is 4.33. The fourth-order valence-electron chi connectivity index (χ4n) is 1.62. The molecule has 94 valence electrons. The first-order chi connectivity index (χ1) is 8.77. The van der Waals surface area contributed by atoms with Crippen LogP contribution >= 0.6 is 0 Å². The zero-order chi connectivity index (χ0) is 12.8. The van der Waals surface area contributed by atoms with Gasteiger partial charge in [-0.25, -0.2) is 4.39 Å². The van der Waals surface area contributed by atoms with Crippen molar-refractivity contribution in [3.8, 4) is 0 Å². The van der Waals surface area contributed by atoms with Crippen LogP contribution < -0.4 is 5.32 Å². The van der Waals surface area contributed by atoms with Crippen molar-refractivity contribution in [3.63, 3.8) is 0 Å². The van der Waals surface area contributed by atoms with Crippen molar-refractivity contribution < 1.29 is 9.50 Å². The highest BCUT2D eigenvalue weighted by molar-refractivity contribution is 5.20. The van der Waals surface area contributed by atoms with Crippen molar-refractivity contribution in [2.45, 2.75) is 12.6 Å². The second-order valence-corrected chi connectivity index (χ2v) is 3.88. The summed E-state index contributed by atoms with van der Waals surface area (Å²) in [6.07, 6.45) is 0.723. The lowest BCUT2D eigenvalue weighted by atomic mass is 10.1. The van der Waals surface area contributed by atoms with Crippen LogP contribution in [0, 0.1) is 5.82 Å². The molecule has 4 nitrogen and oxygen atoms in total. The van der Waals surface area contributed by atoms with Gasteiger partial charge >= 0.3 is 0 Å². The topological polar surface area (TPSA) is 58.0 Å². The summed E-state index contributed by atoms with van der Waals surface area (Å²) in [6, 6.07) is 9.82. The third-order valence-corrected chi connectivity index (χ3v) is 2.54. The smallest absolute Gasteiger partial charge is 0.129 e. The molecule has 0 saturated heterocycles. The van der Waals surface area contributed by atoms with Crippen LogP contribution in [0.1, 0.15) is 17.4 Å². The van der Waals surface area contributed by atoms with E-state index in [0.29, 0.717) is 12.1 Å². The Morgan fingerprint density at radius 1 is 1.22 bits per heavy atom. The zero-order valence-corrected chi connectivity index (χ0v) is 9.75. The van der Waals surface area contributed by atoms with Gasteiger partial charge in [-0.2, -0.15) is 10.2 Å².